The van der Waals surface area contributed by atoms with Gasteiger partial charge >= 0.3 is 5.97 Å². The molecule has 0 spiro atoms. The topological polar surface area (TPSA) is 139 Å². The summed E-state index contributed by atoms with van der Waals surface area (Å²) in [6, 6.07) is 5.55. The van der Waals surface area contributed by atoms with E-state index in [-0.39, 0.29) is 35.0 Å². The maximum Gasteiger partial charge on any atom is 0.357 e. The number of ether oxygens (including phenoxy) is 1. The molecular formula is C15H13N3O7S2. The molecule has 2 N–H and O–H groups in total. The lowest BCUT2D eigenvalue weighted by Crippen LogP contribution is -2.48. The van der Waals surface area contributed by atoms with Gasteiger partial charge in [-0.3, -0.25) is 29.8 Å². The van der Waals surface area contributed by atoms with Crippen molar-refractivity contribution >= 4 is 47.0 Å². The maximum atomic E-state index is 12.5. The number of rotatable bonds is 7. The molecule has 3 rings (SSSR count). The number of amides is 2. The van der Waals surface area contributed by atoms with Gasteiger partial charge in [0.25, 0.3) is 11.6 Å². The SMILES string of the molecule is O=C(CSC1=C(C(=O)OCc2ccc([N+](=O)[O-])cc2)N2C(=O)C[C@@H]2S1)NO. The molecule has 1 aromatic rings. The number of nitro benzene ring substituents is 1. The highest BCUT2D eigenvalue weighted by atomic mass is 32.2. The zero-order valence-electron chi connectivity index (χ0n) is 13.6. The molecule has 0 radical (unpaired) electrons. The number of esters is 1. The zero-order chi connectivity index (χ0) is 19.6. The number of hydrogen-bond donors (Lipinski definition) is 2. The van der Waals surface area contributed by atoms with Crippen molar-refractivity contribution in [3.05, 3.63) is 49.9 Å². The minimum atomic E-state index is -0.719. The van der Waals surface area contributed by atoms with E-state index in [4.69, 9.17) is 9.94 Å². The summed E-state index contributed by atoms with van der Waals surface area (Å²) < 4.78 is 5.71. The fourth-order valence-corrected chi connectivity index (χ4v) is 4.93. The lowest BCUT2D eigenvalue weighted by molar-refractivity contribution is -0.384. The monoisotopic (exact) mass is 411 g/mol. The molecule has 0 bridgehead atoms. The Bertz CT molecular complexity index is 840. The molecular weight excluding hydrogens is 398 g/mol. The van der Waals surface area contributed by atoms with Crippen molar-refractivity contribution in [1.29, 1.82) is 0 Å². The van der Waals surface area contributed by atoms with Gasteiger partial charge in [0, 0.05) is 12.1 Å². The number of benzene rings is 1. The number of carbonyl (C=O) groups excluding carboxylic acids is 3. The van der Waals surface area contributed by atoms with Gasteiger partial charge in [0.1, 0.15) is 6.61 Å². The largest absolute Gasteiger partial charge is 0.456 e. The number of thioether (sulfide) groups is 2. The van der Waals surface area contributed by atoms with Crippen LogP contribution in [0.25, 0.3) is 0 Å². The first-order chi connectivity index (χ1) is 12.9. The highest BCUT2D eigenvalue weighted by Gasteiger charge is 2.49. The number of nitro groups is 1. The van der Waals surface area contributed by atoms with Crippen molar-refractivity contribution in [2.45, 2.75) is 18.4 Å². The van der Waals surface area contributed by atoms with Crippen LogP contribution < -0.4 is 5.48 Å². The van der Waals surface area contributed by atoms with Gasteiger partial charge in [0.2, 0.25) is 5.91 Å². The van der Waals surface area contributed by atoms with E-state index in [0.29, 0.717) is 16.2 Å². The third-order valence-corrected chi connectivity index (χ3v) is 6.31. The van der Waals surface area contributed by atoms with E-state index in [9.17, 15) is 24.5 Å². The first kappa shape index (κ1) is 19.2. The van der Waals surface area contributed by atoms with Crippen LogP contribution in [0, 0.1) is 10.1 Å². The van der Waals surface area contributed by atoms with Crippen molar-refractivity contribution in [1.82, 2.24) is 10.4 Å². The second-order valence-electron chi connectivity index (χ2n) is 5.50. The summed E-state index contributed by atoms with van der Waals surface area (Å²) in [7, 11) is 0. The van der Waals surface area contributed by atoms with E-state index in [1.165, 1.54) is 46.4 Å². The van der Waals surface area contributed by atoms with Gasteiger partial charge in [0.15, 0.2) is 5.70 Å². The Hall–Kier alpha value is -2.57. The number of carbonyl (C=O) groups is 3. The first-order valence-corrected chi connectivity index (χ1v) is 9.46. The Kier molecular flexibility index (Phi) is 5.68. The van der Waals surface area contributed by atoms with Crippen molar-refractivity contribution in [2.24, 2.45) is 0 Å². The number of fused-ring (bicyclic) bond motifs is 1. The Morgan fingerprint density at radius 2 is 2.11 bits per heavy atom. The van der Waals surface area contributed by atoms with Crippen LogP contribution in [0.4, 0.5) is 5.69 Å². The zero-order valence-corrected chi connectivity index (χ0v) is 15.2. The van der Waals surface area contributed by atoms with E-state index in [0.717, 1.165) is 11.8 Å². The quantitative estimate of drug-likeness (QED) is 0.224. The molecule has 0 saturated carbocycles. The van der Waals surface area contributed by atoms with Crippen LogP contribution in [0.1, 0.15) is 12.0 Å². The van der Waals surface area contributed by atoms with Gasteiger partial charge in [-0.05, 0) is 17.7 Å². The number of hydrogen-bond acceptors (Lipinski definition) is 9. The summed E-state index contributed by atoms with van der Waals surface area (Å²) in [5, 5.41) is 19.0. The van der Waals surface area contributed by atoms with Gasteiger partial charge in [0.05, 0.1) is 26.7 Å². The molecule has 2 heterocycles. The van der Waals surface area contributed by atoms with E-state index in [1.54, 1.807) is 0 Å². The molecule has 27 heavy (non-hydrogen) atoms. The molecule has 2 amide bonds. The summed E-state index contributed by atoms with van der Waals surface area (Å²) in [4.78, 5) is 47.0. The van der Waals surface area contributed by atoms with Crippen molar-refractivity contribution in [2.75, 3.05) is 5.75 Å². The molecule has 1 saturated heterocycles. The fraction of sp³-hybridized carbons (Fsp3) is 0.267. The smallest absolute Gasteiger partial charge is 0.357 e. The number of non-ortho nitro benzene ring substituents is 1. The van der Waals surface area contributed by atoms with Gasteiger partial charge in [-0.15, -0.1) is 11.8 Å². The molecule has 10 nitrogen and oxygen atoms in total. The van der Waals surface area contributed by atoms with E-state index in [1.807, 2.05) is 0 Å². The molecule has 0 aliphatic carbocycles. The highest BCUT2D eigenvalue weighted by Crippen LogP contribution is 2.50. The number of nitrogens with one attached hydrogen (secondary N) is 1. The molecule has 12 heteroatoms. The summed E-state index contributed by atoms with van der Waals surface area (Å²) in [6.45, 7) is -0.118. The third-order valence-electron chi connectivity index (χ3n) is 3.75. The number of β-lactam (4-membered cyclic amide) rings is 1. The summed E-state index contributed by atoms with van der Waals surface area (Å²) >= 11 is 2.32. The van der Waals surface area contributed by atoms with Crippen LogP contribution in [-0.2, 0) is 25.7 Å². The van der Waals surface area contributed by atoms with E-state index < -0.39 is 16.8 Å². The minimum Gasteiger partial charge on any atom is -0.456 e. The van der Waals surface area contributed by atoms with Gasteiger partial charge in [-0.1, -0.05) is 11.8 Å². The molecule has 1 fully saturated rings. The summed E-state index contributed by atoms with van der Waals surface area (Å²) in [6.07, 6.45) is 0.292. The normalized spacial score (nSPS) is 18.0. The van der Waals surface area contributed by atoms with Crippen LogP contribution in [-0.4, -0.2) is 43.9 Å². The molecule has 0 aromatic heterocycles. The average molecular weight is 411 g/mol. The van der Waals surface area contributed by atoms with Crippen LogP contribution in [0.3, 0.4) is 0 Å². The molecule has 2 aliphatic rings. The lowest BCUT2D eigenvalue weighted by atomic mass is 10.2. The Balaban J connectivity index is 1.68. The molecule has 1 aromatic carbocycles. The predicted octanol–water partition coefficient (Wildman–Crippen LogP) is 1.35. The van der Waals surface area contributed by atoms with E-state index >= 15 is 0 Å². The first-order valence-electron chi connectivity index (χ1n) is 7.60. The van der Waals surface area contributed by atoms with Crippen molar-refractivity contribution in [3.63, 3.8) is 0 Å². The highest BCUT2D eigenvalue weighted by molar-refractivity contribution is 8.23. The van der Waals surface area contributed by atoms with Crippen LogP contribution >= 0.6 is 23.5 Å². The van der Waals surface area contributed by atoms with Crippen LogP contribution in [0.15, 0.2) is 34.2 Å². The van der Waals surface area contributed by atoms with Gasteiger partial charge in [-0.25, -0.2) is 10.3 Å². The lowest BCUT2D eigenvalue weighted by Gasteiger charge is -2.34. The fourth-order valence-electron chi connectivity index (χ4n) is 2.41. The second kappa shape index (κ2) is 7.98. The van der Waals surface area contributed by atoms with Gasteiger partial charge < -0.3 is 4.74 Å². The third kappa shape index (κ3) is 4.07. The Morgan fingerprint density at radius 3 is 2.70 bits per heavy atom. The number of nitrogens with zero attached hydrogens (tertiary/aromatic N) is 2. The van der Waals surface area contributed by atoms with Crippen LogP contribution in [0.5, 0.6) is 0 Å². The van der Waals surface area contributed by atoms with Crippen LogP contribution in [0.2, 0.25) is 0 Å². The summed E-state index contributed by atoms with van der Waals surface area (Å²) in [5.41, 5.74) is 2.07. The Labute approximate surface area is 161 Å². The average Bonchev–Trinajstić information content (AvgIpc) is 2.96. The maximum absolute atomic E-state index is 12.5. The summed E-state index contributed by atoms with van der Waals surface area (Å²) in [5.74, 6) is -1.68. The molecule has 0 unspecified atom stereocenters. The van der Waals surface area contributed by atoms with Gasteiger partial charge in [-0.2, -0.15) is 0 Å². The minimum absolute atomic E-state index is 0.0742. The second-order valence-corrected chi connectivity index (χ2v) is 7.93. The molecule has 2 aliphatic heterocycles. The van der Waals surface area contributed by atoms with E-state index in [2.05, 4.69) is 0 Å². The Morgan fingerprint density at radius 1 is 1.41 bits per heavy atom. The molecule has 1 atom stereocenters. The predicted molar refractivity (Wildman–Crippen MR) is 95.1 cm³/mol. The number of hydroxylamine groups is 1. The molecule has 142 valence electrons. The standard InChI is InChI=1S/C15H13N3O7S2/c19-10(16-22)7-26-15-13(17-11(20)5-12(17)27-15)14(21)25-6-8-1-3-9(4-2-8)18(23)24/h1-4,12,22H,5-7H2,(H,16,19)/t12-/m0/s1. The van der Waals surface area contributed by atoms with Crippen molar-refractivity contribution < 1.29 is 29.3 Å². The van der Waals surface area contributed by atoms with Crippen molar-refractivity contribution in [3.8, 4) is 0 Å².